The average molecular weight is 1040 g/mol. The first-order valence-corrected chi connectivity index (χ1v) is 24.1. The van der Waals surface area contributed by atoms with Gasteiger partial charge in [-0.25, -0.2) is 14.4 Å². The minimum Gasteiger partial charge on any atom is -0.691 e. The number of alkyl halides is 4. The lowest BCUT2D eigenvalue weighted by atomic mass is 10.4. The zero-order chi connectivity index (χ0) is 51.2. The number of hydrogen-bond acceptors (Lipinski definition) is 14. The number of hydrogen-bond donors (Lipinski definition) is 0. The third-order valence-electron chi connectivity index (χ3n) is 8.03. The molecule has 0 saturated carbocycles. The molecule has 370 valence electrons. The van der Waals surface area contributed by atoms with E-state index < -0.39 is 72.3 Å². The standard InChI is InChI=1S/2C18H15S.C8H10F2O7S.C6H8F2O5S/c2*1-4-10-16(11-5-1)19(17-12-6-2-7-13-17)18-14-8-3-9-15-18;1-5(2)7(12)14-3-6(11)15-4-8(9,10)18-17-16-13;1-4(2)5(9)11-3-6(7,8)14-13-12-10/h2*1-15H;13H,1,3-4H2,2H3;10H,1,3H2,2H3/q2*+1;;/p-2. The maximum Gasteiger partial charge on any atom is 0.354 e. The van der Waals surface area contributed by atoms with E-state index >= 15 is 0 Å². The summed E-state index contributed by atoms with van der Waals surface area (Å²) in [5.74, 6) is -2.99. The Morgan fingerprint density at radius 3 is 0.943 bits per heavy atom. The molecule has 6 aromatic carbocycles. The molecule has 0 fully saturated rings. The van der Waals surface area contributed by atoms with Crippen LogP contribution in [0.3, 0.4) is 0 Å². The van der Waals surface area contributed by atoms with Crippen LogP contribution < -0.4 is 10.5 Å². The van der Waals surface area contributed by atoms with Crippen LogP contribution in [0.15, 0.2) is 236 Å². The summed E-state index contributed by atoms with van der Waals surface area (Å²) in [6.07, 6.45) is 0. The van der Waals surface area contributed by atoms with Crippen molar-refractivity contribution in [3.63, 3.8) is 0 Å². The number of rotatable bonds is 20. The fraction of sp³-hybridized carbons (Fsp3) is 0.140. The maximum absolute atomic E-state index is 12.7. The summed E-state index contributed by atoms with van der Waals surface area (Å²) in [4.78, 5) is 40.6. The van der Waals surface area contributed by atoms with Gasteiger partial charge in [0.2, 0.25) is 0 Å². The second-order valence-corrected chi connectivity index (χ2v) is 19.4. The Morgan fingerprint density at radius 1 is 0.457 bits per heavy atom. The predicted molar refractivity (Wildman–Crippen MR) is 255 cm³/mol. The minimum atomic E-state index is -3.67. The Labute approximate surface area is 417 Å². The van der Waals surface area contributed by atoms with Gasteiger partial charge >= 0.3 is 28.4 Å². The first-order valence-electron chi connectivity index (χ1n) is 20.2. The fourth-order valence-electron chi connectivity index (χ4n) is 5.06. The van der Waals surface area contributed by atoms with E-state index in [-0.39, 0.29) is 32.9 Å². The minimum absolute atomic E-state index is 0.00760. The molecule has 0 aromatic heterocycles. The van der Waals surface area contributed by atoms with E-state index in [0.29, 0.717) is 0 Å². The first kappa shape index (κ1) is 58.4. The smallest absolute Gasteiger partial charge is 0.354 e. The molecule has 0 spiro atoms. The summed E-state index contributed by atoms with van der Waals surface area (Å²) in [5.41, 5.74) is 0.0384. The summed E-state index contributed by atoms with van der Waals surface area (Å²) in [7, 11) is -0.0293. The second kappa shape index (κ2) is 32.1. The Hall–Kier alpha value is -5.91. The lowest BCUT2D eigenvalue weighted by molar-refractivity contribution is -0.777. The molecule has 0 aliphatic rings. The highest BCUT2D eigenvalue weighted by atomic mass is 32.2. The van der Waals surface area contributed by atoms with Crippen molar-refractivity contribution in [2.45, 2.75) is 53.7 Å². The molecule has 0 heterocycles. The highest BCUT2D eigenvalue weighted by Gasteiger charge is 2.35. The molecule has 0 saturated heterocycles. The molecule has 0 aliphatic carbocycles. The molecular weight excluding hydrogens is 997 g/mol. The summed E-state index contributed by atoms with van der Waals surface area (Å²) < 4.78 is 69.8. The van der Waals surface area contributed by atoms with E-state index in [0.717, 1.165) is 0 Å². The second-order valence-electron chi connectivity index (χ2n) is 13.6. The van der Waals surface area contributed by atoms with Crippen molar-refractivity contribution in [2.75, 3.05) is 19.8 Å². The number of esters is 3. The van der Waals surface area contributed by atoms with Crippen LogP contribution in [0.25, 0.3) is 0 Å². The summed E-state index contributed by atoms with van der Waals surface area (Å²) >= 11 is -1.16. The Balaban J connectivity index is 0.000000249. The topological polar surface area (TPSA) is 162 Å². The van der Waals surface area contributed by atoms with Crippen LogP contribution in [0.2, 0.25) is 0 Å². The molecule has 0 atom stereocenters. The SMILES string of the molecule is C=C(C)C(=O)OCC(=O)OCC(F)(F)SOO[O-].C=C(C)C(=O)OCC(F)(F)SOO[O-].c1ccc([S+](c2ccccc2)c2ccccc2)cc1.c1ccc([S+](c2ccccc2)c2ccccc2)cc1. The van der Waals surface area contributed by atoms with E-state index in [2.05, 4.69) is 228 Å². The van der Waals surface area contributed by atoms with Crippen LogP contribution >= 0.6 is 24.1 Å². The maximum atomic E-state index is 12.7. The van der Waals surface area contributed by atoms with E-state index in [1.54, 1.807) is 0 Å². The molecule has 0 bridgehead atoms. The molecular formula is C50H46F4O12S4. The third kappa shape index (κ3) is 22.7. The lowest BCUT2D eigenvalue weighted by Crippen LogP contribution is -2.25. The van der Waals surface area contributed by atoms with Crippen molar-refractivity contribution in [1.82, 2.24) is 0 Å². The largest absolute Gasteiger partial charge is 0.691 e. The highest BCUT2D eigenvalue weighted by molar-refractivity contribution is 7.97. The summed E-state index contributed by atoms with van der Waals surface area (Å²) in [6.45, 7) is 5.66. The average Bonchev–Trinajstić information content (AvgIpc) is 3.38. The van der Waals surface area contributed by atoms with E-state index in [1.807, 2.05) is 0 Å². The Bertz CT molecular complexity index is 2150. The third-order valence-corrected chi connectivity index (χ3v) is 13.5. The van der Waals surface area contributed by atoms with E-state index in [9.17, 15) is 42.5 Å². The molecule has 20 heteroatoms. The molecule has 6 rings (SSSR count). The van der Waals surface area contributed by atoms with Crippen LogP contribution in [0, 0.1) is 0 Å². The van der Waals surface area contributed by atoms with Gasteiger partial charge in [-0.3, -0.25) is 10.1 Å². The summed E-state index contributed by atoms with van der Waals surface area (Å²) in [5, 5.41) is 16.7. The first-order chi connectivity index (χ1) is 33.6. The van der Waals surface area contributed by atoms with Gasteiger partial charge in [-0.05, 0) is 86.6 Å². The molecule has 0 amide bonds. The van der Waals surface area contributed by atoms with Crippen molar-refractivity contribution >= 4 is 63.8 Å². The van der Waals surface area contributed by atoms with Gasteiger partial charge in [-0.1, -0.05) is 122 Å². The molecule has 0 aliphatic heterocycles. The normalized spacial score (nSPS) is 10.8. The zero-order valence-corrected chi connectivity index (χ0v) is 40.7. The van der Waals surface area contributed by atoms with Gasteiger partial charge in [0.05, 0.1) is 21.8 Å². The zero-order valence-electron chi connectivity index (χ0n) is 37.4. The molecule has 0 radical (unpaired) electrons. The quantitative estimate of drug-likeness (QED) is 0.0104. The Kier molecular flexibility index (Phi) is 26.8. The van der Waals surface area contributed by atoms with Crippen molar-refractivity contribution < 1.29 is 75.4 Å². The lowest BCUT2D eigenvalue weighted by Gasteiger charge is -2.14. The Morgan fingerprint density at radius 2 is 0.700 bits per heavy atom. The van der Waals surface area contributed by atoms with Crippen molar-refractivity contribution in [3.05, 3.63) is 206 Å². The van der Waals surface area contributed by atoms with Gasteiger partial charge in [-0.15, -0.1) is 0 Å². The van der Waals surface area contributed by atoms with Gasteiger partial charge in [0.1, 0.15) is 24.1 Å². The highest BCUT2D eigenvalue weighted by Crippen LogP contribution is 2.33. The fourth-order valence-corrected chi connectivity index (χ4v) is 9.74. The van der Waals surface area contributed by atoms with E-state index in [1.165, 1.54) is 43.2 Å². The van der Waals surface area contributed by atoms with Crippen molar-refractivity contribution in [3.8, 4) is 0 Å². The molecule has 0 unspecified atom stereocenters. The monoisotopic (exact) mass is 1040 g/mol. The number of benzene rings is 6. The number of carbonyl (C=O) groups is 3. The van der Waals surface area contributed by atoms with Gasteiger partial charge in [0.25, 0.3) is 0 Å². The van der Waals surface area contributed by atoms with Crippen LogP contribution in [-0.4, -0.2) is 48.2 Å². The van der Waals surface area contributed by atoms with Gasteiger partial charge in [-0.2, -0.15) is 26.2 Å². The van der Waals surface area contributed by atoms with Crippen LogP contribution in [0.1, 0.15) is 13.8 Å². The number of ether oxygens (including phenoxy) is 3. The number of carbonyl (C=O) groups excluding carboxylic acids is 3. The van der Waals surface area contributed by atoms with Gasteiger partial charge in [0, 0.05) is 11.1 Å². The van der Waals surface area contributed by atoms with Crippen LogP contribution in [-0.2, 0) is 69.1 Å². The van der Waals surface area contributed by atoms with Crippen molar-refractivity contribution in [2.24, 2.45) is 0 Å². The number of halogens is 4. The van der Waals surface area contributed by atoms with Crippen LogP contribution in [0.5, 0.6) is 0 Å². The molecule has 70 heavy (non-hydrogen) atoms. The molecule has 12 nitrogen and oxygen atoms in total. The van der Waals surface area contributed by atoms with Gasteiger partial charge < -0.3 is 24.7 Å². The molecule has 0 N–H and O–H groups in total. The van der Waals surface area contributed by atoms with Crippen molar-refractivity contribution in [1.29, 1.82) is 0 Å². The molecule has 6 aromatic rings. The van der Waals surface area contributed by atoms with E-state index in [4.69, 9.17) is 0 Å². The van der Waals surface area contributed by atoms with Gasteiger partial charge in [0.15, 0.2) is 49.2 Å². The van der Waals surface area contributed by atoms with Crippen LogP contribution in [0.4, 0.5) is 17.6 Å². The summed E-state index contributed by atoms with van der Waals surface area (Å²) in [6, 6.07) is 64.3. The predicted octanol–water partition coefficient (Wildman–Crippen LogP) is 10.2.